The highest BCUT2D eigenvalue weighted by Crippen LogP contribution is 2.36. The molecule has 13 heteroatoms. The predicted molar refractivity (Wildman–Crippen MR) is 145 cm³/mol. The van der Waals surface area contributed by atoms with Crippen LogP contribution in [-0.2, 0) is 18.3 Å². The number of pyridine rings is 1. The van der Waals surface area contributed by atoms with Gasteiger partial charge in [0.05, 0.1) is 11.6 Å². The number of aromatic nitrogens is 4. The van der Waals surface area contributed by atoms with E-state index in [0.29, 0.717) is 34.4 Å². The Hall–Kier alpha value is -4.52. The molecule has 1 atom stereocenters. The lowest BCUT2D eigenvalue weighted by Crippen LogP contribution is -2.21. The van der Waals surface area contributed by atoms with Crippen LogP contribution in [0.4, 0.5) is 29.1 Å². The second-order valence-electron chi connectivity index (χ2n) is 8.79. The maximum absolute atomic E-state index is 15.3. The summed E-state index contributed by atoms with van der Waals surface area (Å²) in [5.41, 5.74) is 16.0. The van der Waals surface area contributed by atoms with Gasteiger partial charge in [-0.05, 0) is 59.1 Å². The zero-order valence-corrected chi connectivity index (χ0v) is 22.1. The van der Waals surface area contributed by atoms with Crippen molar-refractivity contribution < 1.29 is 27.5 Å². The van der Waals surface area contributed by atoms with Gasteiger partial charge >= 0.3 is 12.1 Å². The van der Waals surface area contributed by atoms with Gasteiger partial charge in [-0.2, -0.15) is 29.6 Å². The SMILES string of the molecule is CCc1ccc(F)c(C(c2cc3cc(N)ccc3c(N)n2)c2nc(-c3ccsc3)nn2C)c1.O=C(O)C(F)(F)F. The molecule has 5 N–H and O–H groups in total. The fourth-order valence-corrected chi connectivity index (χ4v) is 4.73. The van der Waals surface area contributed by atoms with Crippen molar-refractivity contribution in [3.63, 3.8) is 0 Å². The van der Waals surface area contributed by atoms with Gasteiger partial charge in [0.25, 0.3) is 0 Å². The Morgan fingerprint density at radius 2 is 1.82 bits per heavy atom. The second-order valence-corrected chi connectivity index (χ2v) is 9.57. The number of hydrogen-bond donors (Lipinski definition) is 3. The number of thiophene rings is 1. The average molecular weight is 573 g/mol. The van der Waals surface area contributed by atoms with E-state index in [0.717, 1.165) is 28.3 Å². The lowest BCUT2D eigenvalue weighted by atomic mass is 9.91. The summed E-state index contributed by atoms with van der Waals surface area (Å²) < 4.78 is 48.7. The Balaban J connectivity index is 0.000000470. The summed E-state index contributed by atoms with van der Waals surface area (Å²) in [6.45, 7) is 2.04. The van der Waals surface area contributed by atoms with Gasteiger partial charge in [-0.25, -0.2) is 19.2 Å². The zero-order valence-electron chi connectivity index (χ0n) is 21.3. The molecule has 0 saturated heterocycles. The highest BCUT2D eigenvalue weighted by atomic mass is 32.1. The molecule has 5 aromatic rings. The average Bonchev–Trinajstić information content (AvgIpc) is 3.55. The first kappa shape index (κ1) is 28.5. The minimum atomic E-state index is -5.08. The molecule has 8 nitrogen and oxygen atoms in total. The number of benzene rings is 2. The number of carboxylic acids is 1. The van der Waals surface area contributed by atoms with Crippen molar-refractivity contribution in [1.29, 1.82) is 0 Å². The number of carboxylic acid groups (broad SMARTS) is 1. The van der Waals surface area contributed by atoms with Gasteiger partial charge in [-0.3, -0.25) is 4.68 Å². The van der Waals surface area contributed by atoms with E-state index in [4.69, 9.17) is 26.4 Å². The van der Waals surface area contributed by atoms with Crippen molar-refractivity contribution in [2.24, 2.45) is 7.05 Å². The number of halogens is 4. The predicted octanol–water partition coefficient (Wildman–Crippen LogP) is 5.77. The highest BCUT2D eigenvalue weighted by Gasteiger charge is 2.38. The maximum Gasteiger partial charge on any atom is 0.490 e. The number of nitrogen functional groups attached to an aromatic ring is 2. The molecule has 0 radical (unpaired) electrons. The molecule has 0 bridgehead atoms. The van der Waals surface area contributed by atoms with Crippen molar-refractivity contribution in [1.82, 2.24) is 19.7 Å². The van der Waals surface area contributed by atoms with Crippen LogP contribution in [0, 0.1) is 5.82 Å². The van der Waals surface area contributed by atoms with Gasteiger partial charge in [-0.1, -0.05) is 19.1 Å². The van der Waals surface area contributed by atoms with E-state index in [1.54, 1.807) is 28.2 Å². The molecule has 0 aliphatic rings. The number of rotatable bonds is 5. The molecule has 3 heterocycles. The van der Waals surface area contributed by atoms with E-state index in [2.05, 4.69) is 10.1 Å². The smallest absolute Gasteiger partial charge is 0.475 e. The summed E-state index contributed by atoms with van der Waals surface area (Å²) in [4.78, 5) is 18.4. The minimum Gasteiger partial charge on any atom is -0.475 e. The van der Waals surface area contributed by atoms with Gasteiger partial charge in [0, 0.05) is 34.6 Å². The number of hydrogen-bond acceptors (Lipinski definition) is 7. The Kier molecular flexibility index (Phi) is 8.05. The number of nitrogens with two attached hydrogens (primary N) is 2. The molecule has 2 aromatic carbocycles. The van der Waals surface area contributed by atoms with Gasteiger partial charge in [0.1, 0.15) is 17.5 Å². The molecule has 5 rings (SSSR count). The van der Waals surface area contributed by atoms with Crippen molar-refractivity contribution in [2.45, 2.75) is 25.4 Å². The molecular formula is C27H24F4N6O2S. The summed E-state index contributed by atoms with van der Waals surface area (Å²) in [6, 6.07) is 14.5. The van der Waals surface area contributed by atoms with Crippen LogP contribution >= 0.6 is 11.3 Å². The van der Waals surface area contributed by atoms with Crippen LogP contribution in [0.5, 0.6) is 0 Å². The number of anilines is 2. The molecule has 3 aromatic heterocycles. The molecule has 0 spiro atoms. The Bertz CT molecular complexity index is 1670. The summed E-state index contributed by atoms with van der Waals surface area (Å²) in [7, 11) is 1.81. The van der Waals surface area contributed by atoms with Crippen molar-refractivity contribution in [3.8, 4) is 11.4 Å². The van der Waals surface area contributed by atoms with Crippen LogP contribution in [0.1, 0.15) is 35.5 Å². The van der Waals surface area contributed by atoms with E-state index < -0.39 is 18.1 Å². The first-order valence-electron chi connectivity index (χ1n) is 11.9. The Morgan fingerprint density at radius 1 is 1.10 bits per heavy atom. The second kappa shape index (κ2) is 11.3. The summed E-state index contributed by atoms with van der Waals surface area (Å²) in [5.74, 6) is -2.16. The van der Waals surface area contributed by atoms with Crippen molar-refractivity contribution >= 4 is 39.6 Å². The first-order valence-corrected chi connectivity index (χ1v) is 12.8. The van der Waals surface area contributed by atoms with E-state index in [-0.39, 0.29) is 5.82 Å². The topological polar surface area (TPSA) is 133 Å². The fraction of sp³-hybridized carbons (Fsp3) is 0.185. The summed E-state index contributed by atoms with van der Waals surface area (Å²) in [5, 5.41) is 17.3. The third-order valence-corrected chi connectivity index (χ3v) is 6.74. The molecule has 0 amide bonds. The number of nitrogens with zero attached hydrogens (tertiary/aromatic N) is 4. The monoisotopic (exact) mass is 572 g/mol. The van der Waals surface area contributed by atoms with Crippen LogP contribution < -0.4 is 11.5 Å². The quantitative estimate of drug-likeness (QED) is 0.180. The highest BCUT2D eigenvalue weighted by molar-refractivity contribution is 7.08. The maximum atomic E-state index is 15.3. The number of aryl methyl sites for hydroxylation is 2. The molecular weight excluding hydrogens is 548 g/mol. The lowest BCUT2D eigenvalue weighted by molar-refractivity contribution is -0.192. The molecule has 1 unspecified atom stereocenters. The number of alkyl halides is 3. The Morgan fingerprint density at radius 3 is 2.45 bits per heavy atom. The first-order chi connectivity index (χ1) is 18.9. The van der Waals surface area contributed by atoms with Crippen LogP contribution in [-0.4, -0.2) is 37.0 Å². The fourth-order valence-electron chi connectivity index (χ4n) is 4.10. The zero-order chi connectivity index (χ0) is 29.2. The summed E-state index contributed by atoms with van der Waals surface area (Å²) in [6.07, 6.45) is -4.30. The van der Waals surface area contributed by atoms with Crippen LogP contribution in [0.25, 0.3) is 22.2 Å². The van der Waals surface area contributed by atoms with Crippen LogP contribution in [0.3, 0.4) is 0 Å². The van der Waals surface area contributed by atoms with E-state index >= 15 is 4.39 Å². The Labute approximate surface area is 229 Å². The molecule has 40 heavy (non-hydrogen) atoms. The van der Waals surface area contributed by atoms with Crippen molar-refractivity contribution in [2.75, 3.05) is 11.5 Å². The number of carbonyl (C=O) groups is 1. The standard InChI is InChI=1S/C25H23FN6S.C2HF3O2/c1-3-14-4-7-20(26)19(10-14)22(25-30-24(31-32(25)2)15-8-9-33-13-15)21-12-16-11-17(27)5-6-18(16)23(28)29-21;3-2(4,5)1(6)7/h4-13,22H,3,27H2,1-2H3,(H2,28,29);(H,6,7). The van der Waals surface area contributed by atoms with Crippen LogP contribution in [0.15, 0.2) is 59.3 Å². The van der Waals surface area contributed by atoms with Gasteiger partial charge in [0.15, 0.2) is 5.82 Å². The third-order valence-electron chi connectivity index (χ3n) is 6.06. The van der Waals surface area contributed by atoms with E-state index in [9.17, 15) is 13.2 Å². The van der Waals surface area contributed by atoms with Gasteiger partial charge in [-0.15, -0.1) is 0 Å². The molecule has 0 fully saturated rings. The lowest BCUT2D eigenvalue weighted by Gasteiger charge is -2.19. The number of fused-ring (bicyclic) bond motifs is 1. The molecule has 0 aliphatic heterocycles. The molecule has 0 aliphatic carbocycles. The number of aliphatic carboxylic acids is 1. The van der Waals surface area contributed by atoms with Crippen LogP contribution in [0.2, 0.25) is 0 Å². The van der Waals surface area contributed by atoms with Crippen molar-refractivity contribution in [3.05, 3.63) is 87.8 Å². The third kappa shape index (κ3) is 6.04. The normalized spacial score (nSPS) is 12.2. The van der Waals surface area contributed by atoms with Gasteiger partial charge in [0.2, 0.25) is 0 Å². The van der Waals surface area contributed by atoms with E-state index in [1.807, 2.05) is 55.1 Å². The van der Waals surface area contributed by atoms with Gasteiger partial charge < -0.3 is 16.6 Å². The molecule has 0 saturated carbocycles. The largest absolute Gasteiger partial charge is 0.490 e. The summed E-state index contributed by atoms with van der Waals surface area (Å²) >= 11 is 1.57. The minimum absolute atomic E-state index is 0.328. The van der Waals surface area contributed by atoms with E-state index in [1.165, 1.54) is 6.07 Å². The molecule has 208 valence electrons.